The maximum absolute atomic E-state index is 11.8. The van der Waals surface area contributed by atoms with E-state index in [1.54, 1.807) is 18.6 Å². The largest absolute Gasteiger partial charge is 0.294 e. The van der Waals surface area contributed by atoms with Crippen molar-refractivity contribution in [2.75, 3.05) is 0 Å². The normalized spacial score (nSPS) is 14.2. The van der Waals surface area contributed by atoms with E-state index in [4.69, 9.17) is 0 Å². The predicted octanol–water partition coefficient (Wildman–Crippen LogP) is 2.61. The van der Waals surface area contributed by atoms with E-state index in [9.17, 15) is 4.79 Å². The molecule has 0 aliphatic heterocycles. The van der Waals surface area contributed by atoms with Gasteiger partial charge in [-0.15, -0.1) is 0 Å². The zero-order valence-corrected chi connectivity index (χ0v) is 11.3. The Morgan fingerprint density at radius 2 is 1.81 bits per heavy atom. The number of aryl methyl sites for hydroxylation is 1. The van der Waals surface area contributed by atoms with Crippen LogP contribution in [0.1, 0.15) is 28.9 Å². The monoisotopic (exact) mass is 276 g/mol. The predicted molar refractivity (Wildman–Crippen MR) is 77.8 cm³/mol. The smallest absolute Gasteiger partial charge is 0.166 e. The van der Waals surface area contributed by atoms with Crippen LogP contribution in [0.5, 0.6) is 0 Å². The first-order valence-corrected chi connectivity index (χ1v) is 6.91. The van der Waals surface area contributed by atoms with Gasteiger partial charge in [0.15, 0.2) is 11.6 Å². The summed E-state index contributed by atoms with van der Waals surface area (Å²) in [7, 11) is 0. The molecule has 0 spiro atoms. The van der Waals surface area contributed by atoms with E-state index in [1.807, 2.05) is 18.2 Å². The number of aromatic nitrogens is 4. The number of nitrogens with zero attached hydrogens (tertiary/aromatic N) is 4. The van der Waals surface area contributed by atoms with Crippen LogP contribution < -0.4 is 0 Å². The van der Waals surface area contributed by atoms with E-state index in [0.29, 0.717) is 17.8 Å². The van der Waals surface area contributed by atoms with Crippen LogP contribution in [0.4, 0.5) is 0 Å². The molecule has 0 radical (unpaired) electrons. The number of benzene rings is 1. The molecule has 1 aliphatic carbocycles. The van der Waals surface area contributed by atoms with E-state index >= 15 is 0 Å². The Kier molecular flexibility index (Phi) is 2.70. The molecule has 0 unspecified atom stereocenters. The molecule has 102 valence electrons. The van der Waals surface area contributed by atoms with Crippen molar-refractivity contribution >= 4 is 16.8 Å². The van der Waals surface area contributed by atoms with Crippen LogP contribution in [-0.4, -0.2) is 25.7 Å². The molecule has 0 fully saturated rings. The average molecular weight is 276 g/mol. The maximum Gasteiger partial charge on any atom is 0.166 e. The molecule has 0 saturated carbocycles. The second-order valence-electron chi connectivity index (χ2n) is 5.09. The fourth-order valence-electron chi connectivity index (χ4n) is 2.63. The van der Waals surface area contributed by atoms with Crippen molar-refractivity contribution in [2.45, 2.75) is 19.3 Å². The van der Waals surface area contributed by atoms with Crippen LogP contribution in [-0.2, 0) is 6.42 Å². The Morgan fingerprint density at radius 1 is 0.952 bits per heavy atom. The number of carbonyl (C=O) groups excluding carboxylic acids is 1. The number of fused-ring (bicyclic) bond motifs is 2. The highest BCUT2D eigenvalue weighted by atomic mass is 16.1. The van der Waals surface area contributed by atoms with Gasteiger partial charge >= 0.3 is 0 Å². The Bertz CT molecular complexity index is 860. The standard InChI is InChI=1S/C16H12N4O/c21-15-3-1-2-12-11(15)9-19-16(20-12)10-4-5-13-14(8-10)18-7-6-17-13/h4-9H,1-3H2. The van der Waals surface area contributed by atoms with Crippen LogP contribution in [0.3, 0.4) is 0 Å². The third-order valence-corrected chi connectivity index (χ3v) is 3.71. The lowest BCUT2D eigenvalue weighted by molar-refractivity contribution is 0.0971. The molecule has 3 aromatic rings. The van der Waals surface area contributed by atoms with Crippen LogP contribution >= 0.6 is 0 Å². The molecule has 2 aromatic heterocycles. The highest BCUT2D eigenvalue weighted by Crippen LogP contribution is 2.23. The Labute approximate surface area is 121 Å². The first kappa shape index (κ1) is 12.1. The minimum Gasteiger partial charge on any atom is -0.294 e. The molecule has 0 N–H and O–H groups in total. The molecule has 5 heteroatoms. The molecule has 1 aromatic carbocycles. The first-order chi connectivity index (χ1) is 10.3. The number of rotatable bonds is 1. The quantitative estimate of drug-likeness (QED) is 0.683. The fraction of sp³-hybridized carbons (Fsp3) is 0.188. The average Bonchev–Trinajstić information content (AvgIpc) is 2.54. The Morgan fingerprint density at radius 3 is 2.71 bits per heavy atom. The summed E-state index contributed by atoms with van der Waals surface area (Å²) in [6.07, 6.45) is 7.29. The van der Waals surface area contributed by atoms with Gasteiger partial charge in [0.1, 0.15) is 0 Å². The summed E-state index contributed by atoms with van der Waals surface area (Å²) < 4.78 is 0. The highest BCUT2D eigenvalue weighted by Gasteiger charge is 2.19. The fourth-order valence-corrected chi connectivity index (χ4v) is 2.63. The van der Waals surface area contributed by atoms with Gasteiger partial charge in [-0.2, -0.15) is 0 Å². The van der Waals surface area contributed by atoms with Gasteiger partial charge in [0.05, 0.1) is 22.3 Å². The summed E-state index contributed by atoms with van der Waals surface area (Å²) in [4.78, 5) is 29.3. The summed E-state index contributed by atoms with van der Waals surface area (Å²) >= 11 is 0. The van der Waals surface area contributed by atoms with E-state index in [1.165, 1.54) is 0 Å². The van der Waals surface area contributed by atoms with Crippen molar-refractivity contribution < 1.29 is 4.79 Å². The van der Waals surface area contributed by atoms with Gasteiger partial charge in [-0.1, -0.05) is 0 Å². The van der Waals surface area contributed by atoms with Crippen LogP contribution in [0.2, 0.25) is 0 Å². The van der Waals surface area contributed by atoms with Gasteiger partial charge in [-0.05, 0) is 31.0 Å². The molecule has 0 bridgehead atoms. The van der Waals surface area contributed by atoms with Gasteiger partial charge in [-0.25, -0.2) is 9.97 Å². The molecule has 1 aliphatic rings. The van der Waals surface area contributed by atoms with Crippen molar-refractivity contribution in [1.29, 1.82) is 0 Å². The summed E-state index contributed by atoms with van der Waals surface area (Å²) in [5.41, 5.74) is 4.08. The van der Waals surface area contributed by atoms with E-state index in [0.717, 1.165) is 35.1 Å². The summed E-state index contributed by atoms with van der Waals surface area (Å²) in [5, 5.41) is 0. The minimum absolute atomic E-state index is 0.146. The number of hydrogen-bond donors (Lipinski definition) is 0. The molecule has 2 heterocycles. The molecule has 0 amide bonds. The van der Waals surface area contributed by atoms with Crippen molar-refractivity contribution in [3.63, 3.8) is 0 Å². The third-order valence-electron chi connectivity index (χ3n) is 3.71. The lowest BCUT2D eigenvalue weighted by atomic mass is 9.96. The van der Waals surface area contributed by atoms with Crippen LogP contribution in [0.15, 0.2) is 36.8 Å². The molecule has 0 atom stereocenters. The van der Waals surface area contributed by atoms with Crippen molar-refractivity contribution in [1.82, 2.24) is 19.9 Å². The SMILES string of the molecule is O=C1CCCc2nc(-c3ccc4nccnc4c3)ncc21. The van der Waals surface area contributed by atoms with E-state index < -0.39 is 0 Å². The second-order valence-corrected chi connectivity index (χ2v) is 5.09. The van der Waals surface area contributed by atoms with E-state index in [-0.39, 0.29) is 5.78 Å². The number of ketones is 1. The first-order valence-electron chi connectivity index (χ1n) is 6.91. The van der Waals surface area contributed by atoms with E-state index in [2.05, 4.69) is 19.9 Å². The summed E-state index contributed by atoms with van der Waals surface area (Å²) in [6, 6.07) is 5.77. The van der Waals surface area contributed by atoms with Crippen molar-refractivity contribution in [2.24, 2.45) is 0 Å². The lowest BCUT2D eigenvalue weighted by Crippen LogP contribution is -2.13. The van der Waals surface area contributed by atoms with Crippen molar-refractivity contribution in [3.05, 3.63) is 48.0 Å². The summed E-state index contributed by atoms with van der Waals surface area (Å²) in [5.74, 6) is 0.781. The summed E-state index contributed by atoms with van der Waals surface area (Å²) in [6.45, 7) is 0. The molecule has 5 nitrogen and oxygen atoms in total. The molecule has 21 heavy (non-hydrogen) atoms. The molecular formula is C16H12N4O. The van der Waals surface area contributed by atoms with Gasteiger partial charge in [0.2, 0.25) is 0 Å². The third kappa shape index (κ3) is 2.07. The Balaban J connectivity index is 1.83. The lowest BCUT2D eigenvalue weighted by Gasteiger charge is -2.13. The van der Waals surface area contributed by atoms with Gasteiger partial charge in [0, 0.05) is 30.6 Å². The van der Waals surface area contributed by atoms with Crippen LogP contribution in [0, 0.1) is 0 Å². The van der Waals surface area contributed by atoms with Gasteiger partial charge in [-0.3, -0.25) is 14.8 Å². The second kappa shape index (κ2) is 4.70. The highest BCUT2D eigenvalue weighted by molar-refractivity contribution is 5.97. The zero-order chi connectivity index (χ0) is 14.2. The molecule has 0 saturated heterocycles. The topological polar surface area (TPSA) is 68.6 Å². The minimum atomic E-state index is 0.146. The number of Topliss-reactive ketones (excluding diaryl/α,β-unsaturated/α-hetero) is 1. The van der Waals surface area contributed by atoms with Gasteiger partial charge in [0.25, 0.3) is 0 Å². The van der Waals surface area contributed by atoms with Gasteiger partial charge < -0.3 is 0 Å². The number of hydrogen-bond acceptors (Lipinski definition) is 5. The zero-order valence-electron chi connectivity index (χ0n) is 11.3. The maximum atomic E-state index is 11.8. The van der Waals surface area contributed by atoms with Crippen LogP contribution in [0.25, 0.3) is 22.4 Å². The molecule has 4 rings (SSSR count). The van der Waals surface area contributed by atoms with Crippen molar-refractivity contribution in [3.8, 4) is 11.4 Å². The Hall–Kier alpha value is -2.69. The number of carbonyl (C=O) groups is 1. The molecular weight excluding hydrogens is 264 g/mol.